The van der Waals surface area contributed by atoms with E-state index in [2.05, 4.69) is 171 Å². The minimum absolute atomic E-state index is 0. The number of rotatable bonds is 24. The molecule has 0 amide bonds. The van der Waals surface area contributed by atoms with Gasteiger partial charge in [-0.1, -0.05) is 227 Å². The van der Waals surface area contributed by atoms with Gasteiger partial charge in [0.25, 0.3) is 11.5 Å². The molecule has 22 rings (SSSR count). The fourth-order valence-electron chi connectivity index (χ4n) is 21.8. The third-order valence-electron chi connectivity index (χ3n) is 29.4. The third-order valence-corrected chi connectivity index (χ3v) is 29.4. The van der Waals surface area contributed by atoms with Gasteiger partial charge in [-0.2, -0.15) is 0 Å². The van der Waals surface area contributed by atoms with Crippen molar-refractivity contribution >= 4 is 87.2 Å². The second-order valence-corrected chi connectivity index (χ2v) is 39.4. The molecule has 12 nitrogen and oxygen atoms in total. The molecule has 0 saturated heterocycles. The van der Waals surface area contributed by atoms with Gasteiger partial charge in [-0.25, -0.2) is 17.6 Å². The van der Waals surface area contributed by atoms with Crippen LogP contribution in [0.2, 0.25) is 0 Å². The Bertz CT molecular complexity index is 7010. The van der Waals surface area contributed by atoms with Gasteiger partial charge in [0.15, 0.2) is 13.2 Å². The molecule has 0 radical (unpaired) electrons. The van der Waals surface area contributed by atoms with Crippen LogP contribution in [0.1, 0.15) is 153 Å². The summed E-state index contributed by atoms with van der Waals surface area (Å²) in [6.45, 7) is 18.7. The van der Waals surface area contributed by atoms with E-state index in [1.165, 1.54) is 48.5 Å². The summed E-state index contributed by atoms with van der Waals surface area (Å²) in [5, 5.41) is 58.1. The van der Waals surface area contributed by atoms with E-state index in [-0.39, 0.29) is 111 Å². The van der Waals surface area contributed by atoms with E-state index in [0.717, 1.165) is 161 Å². The van der Waals surface area contributed by atoms with E-state index in [1.54, 1.807) is 24.3 Å². The molecule has 20 aromatic rings. The predicted octanol–water partition coefficient (Wildman–Crippen LogP) is 33.5. The molecular weight excluding hydrogens is 1950 g/mol. The maximum Gasteiger partial charge on any atom is 0.262 e. The van der Waals surface area contributed by atoms with Gasteiger partial charge in [-0.3, -0.25) is 0 Å². The van der Waals surface area contributed by atoms with Gasteiger partial charge >= 0.3 is 0 Å². The Morgan fingerprint density at radius 2 is 0.476 bits per heavy atom. The van der Waals surface area contributed by atoms with Crippen LogP contribution in [0.15, 0.2) is 315 Å². The van der Waals surface area contributed by atoms with E-state index >= 15 is 17.6 Å². The number of halogens is 4. The molecule has 2 saturated carbocycles. The molecule has 16 aromatic carbocycles. The number of fused-ring (bicyclic) bond motifs is 12. The average molecular weight is 2070 g/mol. The summed E-state index contributed by atoms with van der Waals surface area (Å²) in [6.07, 6.45) is 7.93. The molecule has 6 N–H and O–H groups in total. The summed E-state index contributed by atoms with van der Waals surface area (Å²) in [4.78, 5) is 0. The van der Waals surface area contributed by atoms with Gasteiger partial charge in [-0.05, 0) is 241 Å². The van der Waals surface area contributed by atoms with E-state index in [4.69, 9.17) is 18.9 Å². The zero-order valence-electron chi connectivity index (χ0n) is 82.4. The molecule has 4 unspecified atom stereocenters. The number of nitrogens with zero attached hydrogens (tertiary/aromatic N) is 4. The number of hydrogen-bond acceptors (Lipinski definition) is 6. The van der Waals surface area contributed by atoms with Crippen LogP contribution >= 0.6 is 0 Å². The second-order valence-electron chi connectivity index (χ2n) is 39.4. The van der Waals surface area contributed by atoms with Crippen LogP contribution in [0, 0.1) is 61.8 Å². The summed E-state index contributed by atoms with van der Waals surface area (Å²) in [6, 6.07) is 100. The number of ether oxygens (including phenoxy) is 4. The maximum atomic E-state index is 15.4. The number of benzene rings is 16. The molecule has 17 heteroatoms. The Morgan fingerprint density at radius 1 is 0.266 bits per heavy atom. The quantitative estimate of drug-likeness (QED) is 0.0205. The molecule has 2 aliphatic carbocycles. The second kappa shape index (κ2) is 41.7. The van der Waals surface area contributed by atoms with Crippen molar-refractivity contribution in [3.05, 3.63) is 376 Å². The number of aromatic hydroxyl groups is 6. The van der Waals surface area contributed by atoms with Crippen molar-refractivity contribution in [2.45, 2.75) is 130 Å². The number of phenolic OH excluding ortho intramolecular Hbond substituents is 4. The van der Waals surface area contributed by atoms with Crippen molar-refractivity contribution in [1.29, 1.82) is 0 Å². The number of aromatic nitrogens is 4. The molecule has 0 aliphatic heterocycles. The Kier molecular flexibility index (Phi) is 28.8. The first-order chi connectivity index (χ1) is 68.1. The van der Waals surface area contributed by atoms with Crippen LogP contribution in [0.3, 0.4) is 0 Å². The largest absolute Gasteiger partial charge is 0.582 e. The number of para-hydroxylation sites is 8. The van der Waals surface area contributed by atoms with Crippen molar-refractivity contribution in [1.82, 2.24) is 18.3 Å². The molecule has 2 fully saturated rings. The summed E-state index contributed by atoms with van der Waals surface area (Å²) in [5.41, 5.74) is 18.4. The zero-order valence-corrected chi connectivity index (χ0v) is 86.0. The Balaban J connectivity index is 0.000000185. The van der Waals surface area contributed by atoms with Gasteiger partial charge in [0, 0.05) is 126 Å². The van der Waals surface area contributed by atoms with Crippen molar-refractivity contribution in [2.24, 2.45) is 23.7 Å². The van der Waals surface area contributed by atoms with E-state index in [9.17, 15) is 20.4 Å². The molecule has 143 heavy (non-hydrogen) atoms. The van der Waals surface area contributed by atoms with Crippen molar-refractivity contribution in [2.75, 3.05) is 26.4 Å². The topological polar surface area (TPSA) is 145 Å². The predicted molar refractivity (Wildman–Crippen MR) is 575 cm³/mol. The van der Waals surface area contributed by atoms with Gasteiger partial charge in [0.1, 0.15) is 57.8 Å². The standard InChI is InChI=1S/2C62H56F2N2O4.2CH3.Hf/c2*1-37(2)41-29-51(61(67)57(31-41)65-53-21-11-7-17-45(53)46-18-8-12-22-54(46)65)49-33-43(63)25-27-59(49)69-35-39-15-5-6-16-40(39)36-70-60-28-26-44(64)34-50(60)52-30-42(38(3)4)32-58(62(52)68)66-55-23-13-9-19-47(55)48-20-10-14-24-56(48)66;;;/h2*7-14,17-34,37-40,67-68H,5-6,15-16,35-36H2,1-4H3;2*1H3;/q;;2*-1;/p+2. The average Bonchev–Trinajstić information content (AvgIpc) is 1.60. The van der Waals surface area contributed by atoms with Crippen molar-refractivity contribution < 1.29 is 82.8 Å². The van der Waals surface area contributed by atoms with E-state index in [1.807, 2.05) is 146 Å². The van der Waals surface area contributed by atoms with E-state index in [0.29, 0.717) is 117 Å². The molecule has 4 atom stereocenters. The van der Waals surface area contributed by atoms with Crippen LogP contribution in [0.5, 0.6) is 46.0 Å². The van der Waals surface area contributed by atoms with Gasteiger partial charge in [0.05, 0.1) is 91.2 Å². The molecule has 0 bridgehead atoms. The number of aliphatic hydroxyl groups is 2. The molecule has 4 heterocycles. The summed E-state index contributed by atoms with van der Waals surface area (Å²) >= 11 is 0. The van der Waals surface area contributed by atoms with Crippen LogP contribution in [0.4, 0.5) is 17.6 Å². The summed E-state index contributed by atoms with van der Waals surface area (Å²) < 4.78 is 94.1. The minimum Gasteiger partial charge on any atom is -0.582 e. The Morgan fingerprint density at radius 3 is 0.713 bits per heavy atom. The minimum atomic E-state index is -0.429. The van der Waals surface area contributed by atoms with Gasteiger partial charge < -0.3 is 72.5 Å². The first-order valence-corrected chi connectivity index (χ1v) is 49.3. The first-order valence-electron chi connectivity index (χ1n) is 49.3. The van der Waals surface area contributed by atoms with Crippen LogP contribution < -0.4 is 9.47 Å². The number of phenols is 4. The number of hydrogen-bond donors (Lipinski definition) is 4. The first kappa shape index (κ1) is 98.9. The monoisotopic (exact) mass is 2070 g/mol. The van der Waals surface area contributed by atoms with E-state index < -0.39 is 23.3 Å². The Hall–Kier alpha value is -14.3. The van der Waals surface area contributed by atoms with Crippen LogP contribution in [-0.2, 0) is 25.8 Å². The summed E-state index contributed by atoms with van der Waals surface area (Å²) in [7, 11) is 0. The Labute approximate surface area is 851 Å². The van der Waals surface area contributed by atoms with Gasteiger partial charge in [0.2, 0.25) is 0 Å². The molecule has 4 aromatic heterocycles. The van der Waals surface area contributed by atoms with Crippen molar-refractivity contribution in [3.8, 4) is 113 Å². The van der Waals surface area contributed by atoms with Gasteiger partial charge in [-0.15, -0.1) is 0 Å². The SMILES string of the molecule is CC(C)c1cc(-c2cc(F)ccc2OCC2CCCCC2COc2ccc(F)cc2-c2cc(C(C)C)cc(-n3c4ccccc4c4ccccc43)c2O)c(O)c(-n2c3ccccc3c3ccccc32)c1.CC(C)c1cc(-c2cc(F)ccc2[OH+]CC2CCCCC2C[OH+]c2ccc(F)cc2-c2cc(C(C)C)cc(-n3c4ccccc4c4ccccc43)c2O)c(O)c(-n2c3ccccc3c3ccccc32)c1.[CH3-].[CH3-].[Hf]. The fraction of sp³-hybridized carbons (Fsp3) is 0.222. The smallest absolute Gasteiger partial charge is 0.262 e. The molecule has 2 aliphatic rings. The molecular formula is C126H120F4HfN4O8. The van der Waals surface area contributed by atoms with Crippen LogP contribution in [0.25, 0.3) is 154 Å². The zero-order chi connectivity index (χ0) is 96.4. The fourth-order valence-corrected chi connectivity index (χ4v) is 21.8. The molecule has 724 valence electrons. The third kappa shape index (κ3) is 18.8. The normalized spacial score (nSPS) is 14.9. The molecule has 0 spiro atoms. The van der Waals surface area contributed by atoms with Crippen molar-refractivity contribution in [3.63, 3.8) is 0 Å². The summed E-state index contributed by atoms with van der Waals surface area (Å²) in [5.74, 6) is 1.77. The van der Waals surface area contributed by atoms with Crippen LogP contribution in [-0.4, -0.2) is 74.6 Å². The maximum absolute atomic E-state index is 15.4.